The Morgan fingerprint density at radius 1 is 0.472 bits per heavy atom. The molecular formula is C86H101N17O23S. The minimum absolute atomic E-state index is 0.00637. The third-order valence-corrected chi connectivity index (χ3v) is 20.3. The van der Waals surface area contributed by atoms with Crippen molar-refractivity contribution in [2.24, 2.45) is 17.4 Å². The summed E-state index contributed by atoms with van der Waals surface area (Å²) in [6.07, 6.45) is -3.66. The van der Waals surface area contributed by atoms with Gasteiger partial charge in [-0.25, -0.2) is 9.59 Å². The number of aromatic nitrogens is 1. The number of carbonyl (C=O) groups is 15. The summed E-state index contributed by atoms with van der Waals surface area (Å²) in [6.45, 7) is 5.61. The highest BCUT2D eigenvalue weighted by molar-refractivity contribution is 7.80. The number of phenolic OH excluding ortho intramolecular Hbond substituents is 2. The Balaban J connectivity index is 0.933. The number of hydrogen-bond acceptors (Lipinski definition) is 21. The van der Waals surface area contributed by atoms with Gasteiger partial charge >= 0.3 is 23.9 Å². The van der Waals surface area contributed by atoms with Crippen molar-refractivity contribution in [2.45, 2.75) is 172 Å². The molecular weight excluding hydrogens is 1670 g/mol. The summed E-state index contributed by atoms with van der Waals surface area (Å²) in [5.74, 6) is -17.7. The third kappa shape index (κ3) is 29.9. The number of anilines is 1. The first kappa shape index (κ1) is 97.4. The second-order valence-corrected chi connectivity index (χ2v) is 30.9. The van der Waals surface area contributed by atoms with Crippen molar-refractivity contribution < 1.29 is 107 Å². The fourth-order valence-electron chi connectivity index (χ4n) is 13.6. The predicted octanol–water partition coefficient (Wildman–Crippen LogP) is 1.84. The number of nitrogens with one attached hydrogen (secondary N) is 15. The molecule has 8 rings (SSSR count). The van der Waals surface area contributed by atoms with Gasteiger partial charge in [0.1, 0.15) is 83.3 Å². The number of carboxylic acid groups (broad SMARTS) is 4. The number of rotatable bonds is 47. The van der Waals surface area contributed by atoms with Crippen LogP contribution < -0.4 is 86.0 Å². The Labute approximate surface area is 730 Å². The highest BCUT2D eigenvalue weighted by Crippen LogP contribution is 2.42. The number of aromatic hydroxyl groups is 2. The molecule has 0 radical (unpaired) electrons. The molecule has 2 heterocycles. The summed E-state index contributed by atoms with van der Waals surface area (Å²) in [5, 5.41) is 102. The van der Waals surface area contributed by atoms with Gasteiger partial charge in [0, 0.05) is 109 Å². The van der Waals surface area contributed by atoms with Crippen LogP contribution in [0, 0.1) is 11.3 Å². The minimum atomic E-state index is -1.84. The number of carbonyl (C=O) groups excluding carboxylic acids is 11. The Kier molecular flexibility index (Phi) is 35.6. The number of nitrogens with two attached hydrogens (primary N) is 2. The number of phenols is 2. The number of guanidine groups is 1. The first-order valence-corrected chi connectivity index (χ1v) is 40.7. The molecule has 0 spiro atoms. The largest absolute Gasteiger partial charge is 0.508 e. The molecule has 2 aliphatic rings. The molecule has 674 valence electrons. The molecule has 41 heteroatoms. The fraction of sp³-hybridized carbons (Fsp3) is 0.349. The van der Waals surface area contributed by atoms with Gasteiger partial charge in [-0.3, -0.25) is 72.5 Å². The molecule has 127 heavy (non-hydrogen) atoms. The van der Waals surface area contributed by atoms with E-state index < -0.39 is 194 Å². The molecule has 11 amide bonds. The number of primary amides is 1. The van der Waals surface area contributed by atoms with Crippen molar-refractivity contribution in [2.75, 3.05) is 18.4 Å². The van der Waals surface area contributed by atoms with E-state index in [0.717, 1.165) is 6.92 Å². The maximum atomic E-state index is 14.7. The Hall–Kier alpha value is -15.1. The first-order valence-electron chi connectivity index (χ1n) is 40.3. The van der Waals surface area contributed by atoms with Gasteiger partial charge in [0.15, 0.2) is 16.5 Å². The maximum Gasteiger partial charge on any atom is 0.336 e. The Bertz CT molecular complexity index is 5430. The van der Waals surface area contributed by atoms with Crippen LogP contribution in [0.4, 0.5) is 5.69 Å². The topological polar surface area (TPSA) is 656 Å². The lowest BCUT2D eigenvalue weighted by Gasteiger charge is -2.28. The molecule has 1 aromatic heterocycles. The van der Waals surface area contributed by atoms with Crippen molar-refractivity contribution in [3.8, 4) is 33.9 Å². The third-order valence-electron chi connectivity index (χ3n) is 20.1. The number of aromatic carboxylic acids is 1. The van der Waals surface area contributed by atoms with E-state index in [-0.39, 0.29) is 114 Å². The lowest BCUT2D eigenvalue weighted by Crippen LogP contribution is -2.60. The van der Waals surface area contributed by atoms with Crippen LogP contribution in [-0.4, -0.2) is 209 Å². The zero-order valence-corrected chi connectivity index (χ0v) is 70.2. The lowest BCUT2D eigenvalue weighted by molar-refractivity contribution is -0.143. The van der Waals surface area contributed by atoms with Crippen molar-refractivity contribution in [1.29, 1.82) is 5.41 Å². The molecule has 5 aromatic carbocycles. The van der Waals surface area contributed by atoms with Gasteiger partial charge in [-0.15, -0.1) is 0 Å². The minimum Gasteiger partial charge on any atom is -0.508 e. The zero-order valence-electron chi connectivity index (χ0n) is 69.4. The van der Waals surface area contributed by atoms with E-state index in [0.29, 0.717) is 44.1 Å². The first-order chi connectivity index (χ1) is 60.3. The van der Waals surface area contributed by atoms with Gasteiger partial charge in [-0.2, -0.15) is 0 Å². The van der Waals surface area contributed by atoms with Crippen molar-refractivity contribution in [1.82, 2.24) is 68.8 Å². The standard InChI is InChI=1S/C86H101N17O23S/c1-43(2)35-66(84(124)125)103-81(120)64(36-46-11-6-5-7-12-46)102-77(116)59(15-10-33-90-85(88)89)97-78(117)60(26-29-69(87)107)99-80(119)63(37-47-16-19-50(104)20-17-47)101-75(114)45(4)93-74(113)44(3)94-76(115)61(27-30-71(109)110)98-79(118)62(28-31-72(111)112)100-82(121)65(38-48-42-92-58-14-9-8-13-53(48)58)96-70(108)32-34-91-86(127)95-49-18-23-54(57(39-49)83(122)123)73-55-24-21-51(105)40-67(55)126-68-41-52(106)22-25-56(68)73/h5-9,11-14,16-25,39-45,59-66,92,104-105H,10,15,26-38H2,1-4H3,(H2,87,107)(H,93,113)(H,94,115)(H,96,108)(H,97,117)(H,98,118)(H,99,119)(H,100,121)(H,101,114)(H,102,116)(H,103,120)(H,109,110)(H,111,112)(H,122,123)(H,124,125)(H4,88,89,90)(H2,91,95,127)/t44-,45-,59-,60-,61-,62-,63-,64-,65-,66-/m0/s1. The summed E-state index contributed by atoms with van der Waals surface area (Å²) in [5.41, 5.74) is 13.8. The van der Waals surface area contributed by atoms with Crippen LogP contribution in [-0.2, 0) is 86.4 Å². The predicted molar refractivity (Wildman–Crippen MR) is 465 cm³/mol. The van der Waals surface area contributed by atoms with Gasteiger partial charge < -0.3 is 121 Å². The van der Waals surface area contributed by atoms with E-state index >= 15 is 0 Å². The maximum absolute atomic E-state index is 14.7. The molecule has 0 bridgehead atoms. The van der Waals surface area contributed by atoms with Crippen LogP contribution in [0.5, 0.6) is 11.5 Å². The van der Waals surface area contributed by atoms with Crippen molar-refractivity contribution >= 4 is 140 Å². The summed E-state index contributed by atoms with van der Waals surface area (Å²) in [6, 6.07) is 17.1. The number of para-hydroxylation sites is 1. The average molecular weight is 1770 g/mol. The number of aromatic amines is 1. The second kappa shape index (κ2) is 46.4. The van der Waals surface area contributed by atoms with E-state index in [1.807, 2.05) is 0 Å². The zero-order chi connectivity index (χ0) is 92.9. The quantitative estimate of drug-likeness (QED) is 0.00850. The monoisotopic (exact) mass is 1770 g/mol. The van der Waals surface area contributed by atoms with E-state index in [1.165, 1.54) is 79.7 Å². The highest BCUT2D eigenvalue weighted by atomic mass is 32.1. The van der Waals surface area contributed by atoms with E-state index in [4.69, 9.17) is 33.5 Å². The summed E-state index contributed by atoms with van der Waals surface area (Å²) >= 11 is 5.53. The number of H-pyrrole nitrogens is 1. The van der Waals surface area contributed by atoms with Crippen molar-refractivity contribution in [3.63, 3.8) is 0 Å². The summed E-state index contributed by atoms with van der Waals surface area (Å²) in [4.78, 5) is 220. The van der Waals surface area contributed by atoms with Crippen LogP contribution in [0.2, 0.25) is 0 Å². The average Bonchev–Trinajstić information content (AvgIpc) is 1.20. The molecule has 6 aromatic rings. The van der Waals surface area contributed by atoms with Gasteiger partial charge in [0.2, 0.25) is 65.0 Å². The molecule has 1 aliphatic heterocycles. The van der Waals surface area contributed by atoms with Gasteiger partial charge in [-0.1, -0.05) is 80.6 Å². The van der Waals surface area contributed by atoms with E-state index in [1.54, 1.807) is 80.7 Å². The smallest absolute Gasteiger partial charge is 0.336 e. The summed E-state index contributed by atoms with van der Waals surface area (Å²) < 4.78 is 5.93. The lowest BCUT2D eigenvalue weighted by atomic mass is 9.90. The van der Waals surface area contributed by atoms with Crippen LogP contribution in [0.3, 0.4) is 0 Å². The molecule has 0 saturated heterocycles. The van der Waals surface area contributed by atoms with Gasteiger partial charge in [0.05, 0.1) is 5.56 Å². The number of amides is 11. The van der Waals surface area contributed by atoms with E-state index in [9.17, 15) is 107 Å². The van der Waals surface area contributed by atoms with Crippen LogP contribution in [0.1, 0.15) is 119 Å². The molecule has 40 nitrogen and oxygen atoms in total. The Morgan fingerprint density at radius 3 is 1.54 bits per heavy atom. The number of carboxylic acids is 4. The Morgan fingerprint density at radius 2 is 0.969 bits per heavy atom. The molecule has 0 saturated carbocycles. The van der Waals surface area contributed by atoms with E-state index in [2.05, 4.69) is 74.1 Å². The highest BCUT2D eigenvalue weighted by Gasteiger charge is 2.37. The molecule has 1 aliphatic carbocycles. The summed E-state index contributed by atoms with van der Waals surface area (Å²) in [7, 11) is 0. The number of hydrogen-bond donors (Lipinski definition) is 23. The molecule has 25 N–H and O–H groups in total. The van der Waals surface area contributed by atoms with Crippen LogP contribution in [0.25, 0.3) is 44.3 Å². The van der Waals surface area contributed by atoms with Crippen LogP contribution in [0.15, 0.2) is 149 Å². The fourth-order valence-corrected chi connectivity index (χ4v) is 13.8. The normalized spacial score (nSPS) is 13.5. The second-order valence-electron chi connectivity index (χ2n) is 30.5. The SMILES string of the molecule is CC(C)C[C@H](NC(=O)[C@H](Cc1ccccc1)NC(=O)[C@H](CCCNC(=N)N)NC(=O)[C@H](CCC(N)=O)NC(=O)[C@H](Cc1ccc(O)cc1)NC(=O)[C@H](C)NC(=O)[C@H](C)NC(=O)[C@H](CCC(=O)O)NC(=O)[C@H](CCC(=O)O)NC(=O)[C@H](Cc1c[nH]c2ccccc12)NC(=O)CCNC(=S)Nc1ccc(-c2c3ccc(=O)cc-3oc3cc(O)ccc23)c(C(=O)O)c1)C(=O)O. The number of benzene rings is 6. The number of aliphatic carboxylic acids is 3. The molecule has 10 atom stereocenters. The number of fused-ring (bicyclic) bond motifs is 3. The molecule has 0 fully saturated rings. The van der Waals surface area contributed by atoms with Crippen molar-refractivity contribution in [3.05, 3.63) is 172 Å². The van der Waals surface area contributed by atoms with Crippen LogP contribution >= 0.6 is 12.2 Å². The van der Waals surface area contributed by atoms with Gasteiger partial charge in [-0.05, 0) is 147 Å². The van der Waals surface area contributed by atoms with Gasteiger partial charge in [0.25, 0.3) is 0 Å². The number of thiocarbonyl (C=S) groups is 1. The molecule has 0 unspecified atom stereocenters.